The zero-order valence-corrected chi connectivity index (χ0v) is 16.0. The van der Waals surface area contributed by atoms with Crippen LogP contribution in [-0.2, 0) is 10.0 Å². The molecule has 26 heavy (non-hydrogen) atoms. The van der Waals surface area contributed by atoms with E-state index in [4.69, 9.17) is 0 Å². The van der Waals surface area contributed by atoms with E-state index in [0.717, 1.165) is 29.4 Å². The first kappa shape index (κ1) is 17.6. The molecule has 3 aromatic carbocycles. The molecule has 0 N–H and O–H groups in total. The second-order valence-corrected chi connectivity index (χ2v) is 9.53. The number of sulfonamides is 1. The van der Waals surface area contributed by atoms with E-state index in [9.17, 15) is 8.42 Å². The molecule has 1 atom stereocenters. The van der Waals surface area contributed by atoms with Gasteiger partial charge in [0.05, 0.1) is 4.90 Å². The minimum absolute atomic E-state index is 0.0525. The number of fused-ring (bicyclic) bond motifs is 1. The summed E-state index contributed by atoms with van der Waals surface area (Å²) < 4.78 is 28.1. The van der Waals surface area contributed by atoms with Crippen LogP contribution in [0.3, 0.4) is 0 Å². The lowest BCUT2D eigenvalue weighted by molar-refractivity contribution is 0.412. The Bertz CT molecular complexity index is 1000. The quantitative estimate of drug-likeness (QED) is 0.595. The van der Waals surface area contributed by atoms with Crippen molar-refractivity contribution in [2.45, 2.75) is 28.7 Å². The number of nitrogens with zero attached hydrogens (tertiary/aromatic N) is 1. The van der Waals surface area contributed by atoms with E-state index >= 15 is 0 Å². The number of rotatable bonds is 5. The normalized spacial score (nSPS) is 18.4. The third-order valence-electron chi connectivity index (χ3n) is 4.84. The first-order valence-electron chi connectivity index (χ1n) is 8.83. The molecule has 0 amide bonds. The summed E-state index contributed by atoms with van der Waals surface area (Å²) in [5.74, 6) is 0.789. The van der Waals surface area contributed by atoms with E-state index in [2.05, 4.69) is 12.1 Å². The van der Waals surface area contributed by atoms with Gasteiger partial charge in [-0.25, -0.2) is 8.42 Å². The second kappa shape index (κ2) is 7.43. The lowest BCUT2D eigenvalue weighted by atomic mass is 10.1. The molecule has 0 bridgehead atoms. The average Bonchev–Trinajstić information content (AvgIpc) is 3.16. The number of hydrogen-bond donors (Lipinski definition) is 0. The van der Waals surface area contributed by atoms with Crippen LogP contribution in [0.1, 0.15) is 12.8 Å². The smallest absolute Gasteiger partial charge is 0.207 e. The molecule has 0 aliphatic carbocycles. The van der Waals surface area contributed by atoms with Crippen LogP contribution < -0.4 is 0 Å². The Labute approximate surface area is 159 Å². The van der Waals surface area contributed by atoms with Crippen molar-refractivity contribution in [1.29, 1.82) is 0 Å². The topological polar surface area (TPSA) is 37.4 Å². The maximum absolute atomic E-state index is 13.2. The van der Waals surface area contributed by atoms with Gasteiger partial charge in [0.1, 0.15) is 0 Å². The Morgan fingerprint density at radius 1 is 0.923 bits per heavy atom. The third-order valence-corrected chi connectivity index (χ3v) is 7.94. The Hall–Kier alpha value is -1.82. The van der Waals surface area contributed by atoms with Crippen LogP contribution in [0.15, 0.2) is 82.6 Å². The fourth-order valence-corrected chi connectivity index (χ4v) is 6.37. The molecule has 0 saturated carbocycles. The van der Waals surface area contributed by atoms with Crippen LogP contribution in [0.2, 0.25) is 0 Å². The van der Waals surface area contributed by atoms with E-state index in [-0.39, 0.29) is 6.04 Å². The minimum atomic E-state index is -3.46. The lowest BCUT2D eigenvalue weighted by Gasteiger charge is -2.24. The molecule has 1 aliphatic rings. The highest BCUT2D eigenvalue weighted by atomic mass is 32.2. The molecular formula is C21H21NO2S2. The summed E-state index contributed by atoms with van der Waals surface area (Å²) in [4.78, 5) is 1.58. The highest BCUT2D eigenvalue weighted by Gasteiger charge is 2.35. The van der Waals surface area contributed by atoms with Gasteiger partial charge in [0, 0.05) is 23.2 Å². The molecule has 3 aromatic rings. The van der Waals surface area contributed by atoms with Gasteiger partial charge < -0.3 is 0 Å². The van der Waals surface area contributed by atoms with Gasteiger partial charge >= 0.3 is 0 Å². The molecule has 0 aromatic heterocycles. The van der Waals surface area contributed by atoms with Crippen LogP contribution in [0.4, 0.5) is 0 Å². The summed E-state index contributed by atoms with van der Waals surface area (Å²) in [6, 6.07) is 23.5. The predicted octanol–water partition coefficient (Wildman–Crippen LogP) is 4.79. The van der Waals surface area contributed by atoms with E-state index in [1.54, 1.807) is 28.2 Å². The Balaban J connectivity index is 1.57. The summed E-state index contributed by atoms with van der Waals surface area (Å²) in [7, 11) is -3.46. The van der Waals surface area contributed by atoms with Gasteiger partial charge in [-0.1, -0.05) is 48.5 Å². The lowest BCUT2D eigenvalue weighted by Crippen LogP contribution is -2.36. The Kier molecular flexibility index (Phi) is 5.02. The first-order chi connectivity index (χ1) is 12.6. The summed E-state index contributed by atoms with van der Waals surface area (Å²) in [6.45, 7) is 0.606. The van der Waals surface area contributed by atoms with Crippen molar-refractivity contribution in [3.63, 3.8) is 0 Å². The highest BCUT2D eigenvalue weighted by molar-refractivity contribution is 7.99. The predicted molar refractivity (Wildman–Crippen MR) is 108 cm³/mol. The molecule has 1 aliphatic heterocycles. The molecule has 1 saturated heterocycles. The molecule has 0 radical (unpaired) electrons. The number of thioether (sulfide) groups is 1. The SMILES string of the molecule is O=S(=O)(c1ccc2ccccc2c1)N1CCCC1CSc1ccccc1. The van der Waals surface area contributed by atoms with Crippen LogP contribution in [0.25, 0.3) is 10.8 Å². The van der Waals surface area contributed by atoms with Gasteiger partial charge in [-0.3, -0.25) is 0 Å². The maximum atomic E-state index is 13.2. The summed E-state index contributed by atoms with van der Waals surface area (Å²) in [5.41, 5.74) is 0. The largest absolute Gasteiger partial charge is 0.243 e. The third kappa shape index (κ3) is 3.52. The van der Waals surface area contributed by atoms with E-state index < -0.39 is 10.0 Å². The van der Waals surface area contributed by atoms with E-state index in [1.807, 2.05) is 48.5 Å². The zero-order chi connectivity index (χ0) is 18.0. The maximum Gasteiger partial charge on any atom is 0.243 e. The van der Waals surface area contributed by atoms with Crippen LogP contribution in [0, 0.1) is 0 Å². The fraction of sp³-hybridized carbons (Fsp3) is 0.238. The molecule has 1 unspecified atom stereocenters. The van der Waals surface area contributed by atoms with Crippen molar-refractivity contribution in [3.8, 4) is 0 Å². The van der Waals surface area contributed by atoms with Gasteiger partial charge in [-0.15, -0.1) is 11.8 Å². The van der Waals surface area contributed by atoms with Crippen LogP contribution in [0.5, 0.6) is 0 Å². The molecule has 1 fully saturated rings. The van der Waals surface area contributed by atoms with E-state index in [0.29, 0.717) is 11.4 Å². The number of benzene rings is 3. The molecular weight excluding hydrogens is 362 g/mol. The Morgan fingerprint density at radius 2 is 1.65 bits per heavy atom. The van der Waals surface area contributed by atoms with Crippen LogP contribution in [-0.4, -0.2) is 31.1 Å². The van der Waals surface area contributed by atoms with Crippen molar-refractivity contribution < 1.29 is 8.42 Å². The van der Waals surface area contributed by atoms with Gasteiger partial charge in [0.15, 0.2) is 0 Å². The highest BCUT2D eigenvalue weighted by Crippen LogP contribution is 2.31. The minimum Gasteiger partial charge on any atom is -0.207 e. The molecule has 4 rings (SSSR count). The molecule has 0 spiro atoms. The standard InChI is InChI=1S/C21H21NO2S2/c23-26(24,21-13-12-17-7-4-5-8-18(17)15-21)22-14-6-9-19(22)16-25-20-10-2-1-3-11-20/h1-5,7-8,10-13,15,19H,6,9,14,16H2. The van der Waals surface area contributed by atoms with Gasteiger partial charge in [-0.2, -0.15) is 4.31 Å². The van der Waals surface area contributed by atoms with E-state index in [1.165, 1.54) is 4.90 Å². The van der Waals surface area contributed by atoms with Crippen molar-refractivity contribution in [1.82, 2.24) is 4.31 Å². The zero-order valence-electron chi connectivity index (χ0n) is 14.4. The van der Waals surface area contributed by atoms with Crippen molar-refractivity contribution >= 4 is 32.6 Å². The van der Waals surface area contributed by atoms with Crippen molar-refractivity contribution in [2.24, 2.45) is 0 Å². The monoisotopic (exact) mass is 383 g/mol. The Morgan fingerprint density at radius 3 is 2.46 bits per heavy atom. The number of hydrogen-bond acceptors (Lipinski definition) is 3. The fourth-order valence-electron chi connectivity index (χ4n) is 3.46. The summed E-state index contributed by atoms with van der Waals surface area (Å²) in [5, 5.41) is 2.02. The van der Waals surface area contributed by atoms with Gasteiger partial charge in [-0.05, 0) is 47.9 Å². The molecule has 5 heteroatoms. The van der Waals surface area contributed by atoms with Gasteiger partial charge in [0.25, 0.3) is 0 Å². The molecule has 134 valence electrons. The van der Waals surface area contributed by atoms with Crippen molar-refractivity contribution in [3.05, 3.63) is 72.8 Å². The molecule has 3 nitrogen and oxygen atoms in total. The van der Waals surface area contributed by atoms with Gasteiger partial charge in [0.2, 0.25) is 10.0 Å². The molecule has 1 heterocycles. The van der Waals surface area contributed by atoms with Crippen molar-refractivity contribution in [2.75, 3.05) is 12.3 Å². The summed E-state index contributed by atoms with van der Waals surface area (Å²) in [6.07, 6.45) is 1.85. The second-order valence-electron chi connectivity index (χ2n) is 6.54. The van der Waals surface area contributed by atoms with Crippen LogP contribution >= 0.6 is 11.8 Å². The summed E-state index contributed by atoms with van der Waals surface area (Å²) >= 11 is 1.73. The first-order valence-corrected chi connectivity index (χ1v) is 11.3. The average molecular weight is 384 g/mol.